The largest absolute Gasteiger partial charge is 0.347 e. The Morgan fingerprint density at radius 3 is 2.35 bits per heavy atom. The zero-order valence-corrected chi connectivity index (χ0v) is 13.8. The quantitative estimate of drug-likeness (QED) is 0.830. The van der Waals surface area contributed by atoms with Crippen LogP contribution < -0.4 is 10.6 Å². The van der Waals surface area contributed by atoms with Crippen LogP contribution in [-0.2, 0) is 5.41 Å². The molecule has 0 radical (unpaired) electrons. The first kappa shape index (κ1) is 16.7. The number of carbonyl (C=O) groups is 1. The molecular formula is C18H22N4O. The molecule has 0 aliphatic heterocycles. The van der Waals surface area contributed by atoms with Crippen molar-refractivity contribution in [1.29, 1.82) is 0 Å². The molecule has 0 saturated heterocycles. The molecule has 5 heteroatoms. The molecule has 120 valence electrons. The van der Waals surface area contributed by atoms with Crippen LogP contribution in [-0.4, -0.2) is 22.6 Å². The van der Waals surface area contributed by atoms with Gasteiger partial charge in [0.1, 0.15) is 0 Å². The predicted octanol–water partition coefficient (Wildman–Crippen LogP) is 3.43. The summed E-state index contributed by atoms with van der Waals surface area (Å²) in [4.78, 5) is 11.7. The van der Waals surface area contributed by atoms with E-state index < -0.39 is 0 Å². The second kappa shape index (κ2) is 7.05. The van der Waals surface area contributed by atoms with Crippen molar-refractivity contribution in [3.63, 3.8) is 0 Å². The molecule has 0 unspecified atom stereocenters. The lowest BCUT2D eigenvalue weighted by atomic mass is 9.87. The van der Waals surface area contributed by atoms with E-state index in [1.807, 2.05) is 12.1 Å². The molecule has 0 fully saturated rings. The fraction of sp³-hybridized carbons (Fsp3) is 0.278. The topological polar surface area (TPSA) is 66.9 Å². The minimum absolute atomic E-state index is 0.124. The maximum absolute atomic E-state index is 11.7. The molecule has 1 heterocycles. The van der Waals surface area contributed by atoms with Crippen molar-refractivity contribution in [2.45, 2.75) is 26.2 Å². The molecule has 1 aromatic heterocycles. The highest BCUT2D eigenvalue weighted by atomic mass is 16.1. The Morgan fingerprint density at radius 2 is 1.83 bits per heavy atom. The first-order valence-electron chi connectivity index (χ1n) is 7.50. The van der Waals surface area contributed by atoms with Gasteiger partial charge in [-0.3, -0.25) is 4.79 Å². The van der Waals surface area contributed by atoms with Crippen molar-refractivity contribution >= 4 is 17.4 Å². The van der Waals surface area contributed by atoms with E-state index in [9.17, 15) is 4.79 Å². The van der Waals surface area contributed by atoms with Gasteiger partial charge in [0, 0.05) is 12.2 Å². The first-order valence-corrected chi connectivity index (χ1v) is 7.50. The van der Waals surface area contributed by atoms with Gasteiger partial charge in [-0.25, -0.2) is 0 Å². The van der Waals surface area contributed by atoms with Crippen LogP contribution in [0, 0.1) is 0 Å². The average molecular weight is 310 g/mol. The fourth-order valence-corrected chi connectivity index (χ4v) is 1.98. The number of hydrogen-bond donors (Lipinski definition) is 2. The van der Waals surface area contributed by atoms with Crippen LogP contribution in [0.3, 0.4) is 0 Å². The van der Waals surface area contributed by atoms with Gasteiger partial charge in [-0.05, 0) is 35.2 Å². The Kier molecular flexibility index (Phi) is 5.11. The molecule has 23 heavy (non-hydrogen) atoms. The molecule has 2 N–H and O–H groups in total. The van der Waals surface area contributed by atoms with Gasteiger partial charge in [-0.15, -0.1) is 16.8 Å². The normalized spacial score (nSPS) is 10.9. The third kappa shape index (κ3) is 4.64. The number of rotatable bonds is 5. The van der Waals surface area contributed by atoms with Crippen molar-refractivity contribution < 1.29 is 4.79 Å². The average Bonchev–Trinajstić information content (AvgIpc) is 2.53. The minimum Gasteiger partial charge on any atom is -0.347 e. The van der Waals surface area contributed by atoms with E-state index in [1.54, 1.807) is 18.2 Å². The van der Waals surface area contributed by atoms with E-state index in [2.05, 4.69) is 60.3 Å². The van der Waals surface area contributed by atoms with Gasteiger partial charge in [0.15, 0.2) is 11.5 Å². The van der Waals surface area contributed by atoms with Gasteiger partial charge in [0.25, 0.3) is 5.91 Å². The smallest absolute Gasteiger partial charge is 0.272 e. The molecule has 0 aliphatic carbocycles. The van der Waals surface area contributed by atoms with E-state index >= 15 is 0 Å². The number of amides is 1. The number of carbonyl (C=O) groups excluding carboxylic acids is 1. The van der Waals surface area contributed by atoms with Crippen molar-refractivity contribution in [3.05, 3.63) is 60.3 Å². The first-order chi connectivity index (χ1) is 10.9. The molecule has 0 aliphatic rings. The van der Waals surface area contributed by atoms with Crippen molar-refractivity contribution in [1.82, 2.24) is 15.5 Å². The third-order valence-electron chi connectivity index (χ3n) is 3.33. The molecule has 1 amide bonds. The van der Waals surface area contributed by atoms with E-state index in [1.165, 1.54) is 5.56 Å². The molecule has 2 aromatic rings. The number of nitrogens with one attached hydrogen (secondary N) is 2. The molecule has 0 saturated carbocycles. The summed E-state index contributed by atoms with van der Waals surface area (Å²) < 4.78 is 0. The van der Waals surface area contributed by atoms with Gasteiger partial charge in [0.05, 0.1) is 0 Å². The Balaban J connectivity index is 2.03. The van der Waals surface area contributed by atoms with Crippen LogP contribution in [0.2, 0.25) is 0 Å². The van der Waals surface area contributed by atoms with Gasteiger partial charge in [-0.1, -0.05) is 39.0 Å². The summed E-state index contributed by atoms with van der Waals surface area (Å²) >= 11 is 0. The van der Waals surface area contributed by atoms with Gasteiger partial charge in [0.2, 0.25) is 0 Å². The lowest BCUT2D eigenvalue weighted by Gasteiger charge is -2.19. The number of benzene rings is 1. The Bertz CT molecular complexity index is 670. The molecule has 0 atom stereocenters. The highest BCUT2D eigenvalue weighted by Crippen LogP contribution is 2.24. The molecular weight excluding hydrogens is 288 g/mol. The van der Waals surface area contributed by atoms with Crippen LogP contribution in [0.1, 0.15) is 36.8 Å². The van der Waals surface area contributed by atoms with Gasteiger partial charge < -0.3 is 10.6 Å². The van der Waals surface area contributed by atoms with Gasteiger partial charge >= 0.3 is 0 Å². The summed E-state index contributed by atoms with van der Waals surface area (Å²) in [6.07, 6.45) is 1.61. The lowest BCUT2D eigenvalue weighted by molar-refractivity contribution is 0.0952. The van der Waals surface area contributed by atoms with Crippen molar-refractivity contribution in [3.8, 4) is 0 Å². The van der Waals surface area contributed by atoms with E-state index in [4.69, 9.17) is 0 Å². The second-order valence-electron chi connectivity index (χ2n) is 6.25. The number of anilines is 2. The molecule has 0 spiro atoms. The van der Waals surface area contributed by atoms with Crippen molar-refractivity contribution in [2.75, 3.05) is 11.9 Å². The zero-order chi connectivity index (χ0) is 16.9. The van der Waals surface area contributed by atoms with Crippen LogP contribution in [0.5, 0.6) is 0 Å². The Hall–Kier alpha value is -2.69. The Labute approximate surface area is 136 Å². The molecule has 0 bridgehead atoms. The summed E-state index contributed by atoms with van der Waals surface area (Å²) in [5.74, 6) is 0.326. The van der Waals surface area contributed by atoms with Crippen molar-refractivity contribution in [2.24, 2.45) is 0 Å². The van der Waals surface area contributed by atoms with E-state index in [0.717, 1.165) is 5.69 Å². The summed E-state index contributed by atoms with van der Waals surface area (Å²) in [6.45, 7) is 10.5. The summed E-state index contributed by atoms with van der Waals surface area (Å²) in [7, 11) is 0. The van der Waals surface area contributed by atoms with Crippen LogP contribution in [0.15, 0.2) is 49.1 Å². The third-order valence-corrected chi connectivity index (χ3v) is 3.33. The van der Waals surface area contributed by atoms with Crippen LogP contribution >= 0.6 is 0 Å². The number of nitrogens with zero attached hydrogens (tertiary/aromatic N) is 2. The standard InChI is InChI=1S/C18H22N4O/c1-5-12-19-17(23)15-10-11-16(22-21-15)20-14-8-6-13(7-9-14)18(2,3)4/h5-11H,1,12H2,2-4H3,(H,19,23)(H,20,22). The number of hydrogen-bond acceptors (Lipinski definition) is 4. The maximum atomic E-state index is 11.7. The highest BCUT2D eigenvalue weighted by Gasteiger charge is 2.13. The summed E-state index contributed by atoms with van der Waals surface area (Å²) in [6, 6.07) is 11.6. The SMILES string of the molecule is C=CCNC(=O)c1ccc(Nc2ccc(C(C)(C)C)cc2)nn1. The monoisotopic (exact) mass is 310 g/mol. The summed E-state index contributed by atoms with van der Waals surface area (Å²) in [5.41, 5.74) is 2.60. The molecule has 2 rings (SSSR count). The highest BCUT2D eigenvalue weighted by molar-refractivity contribution is 5.92. The van der Waals surface area contributed by atoms with E-state index in [-0.39, 0.29) is 17.0 Å². The second-order valence-corrected chi connectivity index (χ2v) is 6.25. The van der Waals surface area contributed by atoms with Crippen LogP contribution in [0.4, 0.5) is 11.5 Å². The summed E-state index contributed by atoms with van der Waals surface area (Å²) in [5, 5.41) is 13.8. The van der Waals surface area contributed by atoms with E-state index in [0.29, 0.717) is 12.4 Å². The maximum Gasteiger partial charge on any atom is 0.272 e. The number of aromatic nitrogens is 2. The van der Waals surface area contributed by atoms with Gasteiger partial charge in [-0.2, -0.15) is 0 Å². The molecule has 1 aromatic carbocycles. The predicted molar refractivity (Wildman–Crippen MR) is 93.0 cm³/mol. The Morgan fingerprint density at radius 1 is 1.13 bits per heavy atom. The zero-order valence-electron chi connectivity index (χ0n) is 13.8. The fourth-order valence-electron chi connectivity index (χ4n) is 1.98. The minimum atomic E-state index is -0.265. The lowest BCUT2D eigenvalue weighted by Crippen LogP contribution is -2.24. The molecule has 5 nitrogen and oxygen atoms in total. The van der Waals surface area contributed by atoms with Crippen LogP contribution in [0.25, 0.3) is 0 Å².